The van der Waals surface area contributed by atoms with Crippen LogP contribution in [0.3, 0.4) is 0 Å². The van der Waals surface area contributed by atoms with Crippen molar-refractivity contribution in [2.45, 2.75) is 43.2 Å². The largest absolute Gasteiger partial charge is 0.465 e. The SMILES string of the molecule is O=C(O)N[C@@H](Cc1ccccc1)[C@H](O)CNCC(O)[C@H](Cc1ccccc1)NC(=O)C1NC(=O)c2ccccc21. The quantitative estimate of drug-likeness (QED) is 0.171. The van der Waals surface area contributed by atoms with Gasteiger partial charge in [0.05, 0.1) is 24.3 Å². The predicted octanol–water partition coefficient (Wildman–Crippen LogP) is 1.39. The molecular weight excluding hydrogens is 512 g/mol. The van der Waals surface area contributed by atoms with Gasteiger partial charge in [0.25, 0.3) is 5.91 Å². The van der Waals surface area contributed by atoms with Crippen LogP contribution >= 0.6 is 0 Å². The Labute approximate surface area is 232 Å². The summed E-state index contributed by atoms with van der Waals surface area (Å²) >= 11 is 0. The first-order chi connectivity index (χ1) is 19.3. The molecule has 0 fully saturated rings. The van der Waals surface area contributed by atoms with Gasteiger partial charge in [0.15, 0.2) is 0 Å². The highest BCUT2D eigenvalue weighted by Gasteiger charge is 2.35. The lowest BCUT2D eigenvalue weighted by Crippen LogP contribution is -2.53. The second-order valence-corrected chi connectivity index (χ2v) is 9.84. The average Bonchev–Trinajstić information content (AvgIpc) is 3.29. The van der Waals surface area contributed by atoms with Crippen LogP contribution in [0.1, 0.15) is 33.1 Å². The summed E-state index contributed by atoms with van der Waals surface area (Å²) in [6.07, 6.45) is -2.75. The number of hydrogen-bond donors (Lipinski definition) is 7. The summed E-state index contributed by atoms with van der Waals surface area (Å²) in [4.78, 5) is 36.9. The van der Waals surface area contributed by atoms with Crippen LogP contribution in [0.2, 0.25) is 0 Å². The Kier molecular flexibility index (Phi) is 9.85. The molecule has 0 spiro atoms. The van der Waals surface area contributed by atoms with Crippen molar-refractivity contribution in [1.82, 2.24) is 21.3 Å². The summed E-state index contributed by atoms with van der Waals surface area (Å²) in [5.74, 6) is -0.765. The van der Waals surface area contributed by atoms with E-state index in [0.29, 0.717) is 24.0 Å². The van der Waals surface area contributed by atoms with Gasteiger partial charge in [-0.2, -0.15) is 0 Å². The molecule has 210 valence electrons. The maximum Gasteiger partial charge on any atom is 0.404 e. The first-order valence-corrected chi connectivity index (χ1v) is 13.2. The van der Waals surface area contributed by atoms with E-state index >= 15 is 0 Å². The van der Waals surface area contributed by atoms with Crippen LogP contribution in [0.5, 0.6) is 0 Å². The molecule has 0 aromatic heterocycles. The highest BCUT2D eigenvalue weighted by Crippen LogP contribution is 2.25. The van der Waals surface area contributed by atoms with Crippen molar-refractivity contribution in [2.24, 2.45) is 0 Å². The minimum atomic E-state index is -1.24. The third-order valence-electron chi connectivity index (χ3n) is 6.92. The predicted molar refractivity (Wildman–Crippen MR) is 149 cm³/mol. The molecule has 1 aliphatic rings. The Morgan fingerprint density at radius 1 is 0.750 bits per heavy atom. The van der Waals surface area contributed by atoms with Crippen molar-refractivity contribution in [3.8, 4) is 0 Å². The maximum absolute atomic E-state index is 13.2. The molecule has 40 heavy (non-hydrogen) atoms. The fraction of sp³-hybridized carbons (Fsp3) is 0.300. The summed E-state index contributed by atoms with van der Waals surface area (Å²) in [7, 11) is 0. The molecule has 1 aliphatic heterocycles. The van der Waals surface area contributed by atoms with Gasteiger partial charge < -0.3 is 36.6 Å². The molecule has 0 radical (unpaired) electrons. The number of hydrogen-bond acceptors (Lipinski definition) is 6. The minimum absolute atomic E-state index is 0.00685. The summed E-state index contributed by atoms with van der Waals surface area (Å²) in [5.41, 5.74) is 2.79. The van der Waals surface area contributed by atoms with Gasteiger partial charge in [0.1, 0.15) is 6.04 Å². The Balaban J connectivity index is 1.39. The molecule has 0 saturated carbocycles. The fourth-order valence-corrected chi connectivity index (χ4v) is 4.84. The smallest absolute Gasteiger partial charge is 0.404 e. The van der Waals surface area contributed by atoms with Crippen LogP contribution in [0.25, 0.3) is 0 Å². The van der Waals surface area contributed by atoms with Gasteiger partial charge in [-0.15, -0.1) is 0 Å². The second-order valence-electron chi connectivity index (χ2n) is 9.84. The molecule has 0 aliphatic carbocycles. The third-order valence-corrected chi connectivity index (χ3v) is 6.92. The number of amides is 3. The normalized spacial score (nSPS) is 17.1. The van der Waals surface area contributed by atoms with Crippen molar-refractivity contribution >= 4 is 17.9 Å². The molecule has 0 saturated heterocycles. The number of aliphatic hydroxyl groups excluding tert-OH is 2. The van der Waals surface area contributed by atoms with E-state index in [2.05, 4.69) is 21.3 Å². The molecule has 10 nitrogen and oxygen atoms in total. The Hall–Kier alpha value is -4.25. The first kappa shape index (κ1) is 28.8. The molecule has 0 bridgehead atoms. The number of nitrogens with one attached hydrogen (secondary N) is 4. The third kappa shape index (κ3) is 7.66. The van der Waals surface area contributed by atoms with Crippen molar-refractivity contribution in [3.63, 3.8) is 0 Å². The summed E-state index contributed by atoms with van der Waals surface area (Å²) in [5, 5.41) is 42.0. The lowest BCUT2D eigenvalue weighted by Gasteiger charge is -2.28. The van der Waals surface area contributed by atoms with Crippen molar-refractivity contribution < 1.29 is 29.7 Å². The maximum atomic E-state index is 13.2. The molecule has 4 rings (SSSR count). The van der Waals surface area contributed by atoms with E-state index in [1.54, 1.807) is 24.3 Å². The monoisotopic (exact) mass is 546 g/mol. The molecule has 7 N–H and O–H groups in total. The molecule has 5 atom stereocenters. The van der Waals surface area contributed by atoms with E-state index in [-0.39, 0.29) is 19.0 Å². The van der Waals surface area contributed by atoms with Crippen LogP contribution in [0.4, 0.5) is 4.79 Å². The van der Waals surface area contributed by atoms with E-state index in [9.17, 15) is 29.7 Å². The topological polar surface area (TPSA) is 160 Å². The summed E-state index contributed by atoms with van der Waals surface area (Å²) in [6, 6.07) is 23.1. The standard InChI is InChI=1S/C30H34N4O6/c35-25(17-31-18-26(36)24(33-30(39)40)16-20-11-5-2-6-12-20)23(15-19-9-3-1-4-10-19)32-29(38)27-21-13-7-8-14-22(21)28(37)34-27/h1-14,23-27,31,33,35-36H,15-18H2,(H,32,38)(H,34,37)(H,39,40)/t23-,24-,25?,26+,27?/m0/s1. The van der Waals surface area contributed by atoms with Crippen molar-refractivity contribution in [3.05, 3.63) is 107 Å². The number of carbonyl (C=O) groups excluding carboxylic acids is 2. The summed E-state index contributed by atoms with van der Waals surface area (Å²) < 4.78 is 0. The van der Waals surface area contributed by atoms with Gasteiger partial charge in [0.2, 0.25) is 5.91 Å². The number of aliphatic hydroxyl groups is 2. The van der Waals surface area contributed by atoms with E-state index in [4.69, 9.17) is 0 Å². The highest BCUT2D eigenvalue weighted by atomic mass is 16.4. The lowest BCUT2D eigenvalue weighted by molar-refractivity contribution is -0.124. The van der Waals surface area contributed by atoms with E-state index in [1.165, 1.54) is 0 Å². The zero-order valence-corrected chi connectivity index (χ0v) is 21.9. The number of rotatable bonds is 13. The zero-order chi connectivity index (χ0) is 28.5. The van der Waals surface area contributed by atoms with Crippen LogP contribution in [0.15, 0.2) is 84.9 Å². The van der Waals surface area contributed by atoms with Gasteiger partial charge >= 0.3 is 6.09 Å². The van der Waals surface area contributed by atoms with Gasteiger partial charge in [-0.05, 0) is 35.6 Å². The fourth-order valence-electron chi connectivity index (χ4n) is 4.84. The number of carbonyl (C=O) groups is 3. The van der Waals surface area contributed by atoms with Crippen LogP contribution < -0.4 is 21.3 Å². The number of benzene rings is 3. The molecular formula is C30H34N4O6. The van der Waals surface area contributed by atoms with E-state index in [1.807, 2.05) is 60.7 Å². The molecule has 1 heterocycles. The highest BCUT2D eigenvalue weighted by molar-refractivity contribution is 6.04. The first-order valence-electron chi connectivity index (χ1n) is 13.2. The molecule has 3 aromatic rings. The van der Waals surface area contributed by atoms with Crippen molar-refractivity contribution in [2.75, 3.05) is 13.1 Å². The van der Waals surface area contributed by atoms with E-state index < -0.39 is 42.3 Å². The molecule has 3 aromatic carbocycles. The number of fused-ring (bicyclic) bond motifs is 1. The van der Waals surface area contributed by atoms with Gasteiger partial charge in [-0.3, -0.25) is 9.59 Å². The minimum Gasteiger partial charge on any atom is -0.465 e. The summed E-state index contributed by atoms with van der Waals surface area (Å²) in [6.45, 7) is 0.0283. The van der Waals surface area contributed by atoms with Crippen LogP contribution in [-0.4, -0.2) is 70.6 Å². The van der Waals surface area contributed by atoms with Gasteiger partial charge in [0, 0.05) is 18.7 Å². The Morgan fingerprint density at radius 3 is 1.80 bits per heavy atom. The van der Waals surface area contributed by atoms with Crippen molar-refractivity contribution in [1.29, 1.82) is 0 Å². The van der Waals surface area contributed by atoms with Crippen LogP contribution in [-0.2, 0) is 17.6 Å². The van der Waals surface area contributed by atoms with Gasteiger partial charge in [-0.25, -0.2) is 4.79 Å². The van der Waals surface area contributed by atoms with Crippen LogP contribution in [0, 0.1) is 0 Å². The van der Waals surface area contributed by atoms with E-state index in [0.717, 1.165) is 11.1 Å². The Morgan fingerprint density at radius 2 is 1.25 bits per heavy atom. The van der Waals surface area contributed by atoms with Gasteiger partial charge in [-0.1, -0.05) is 78.9 Å². The molecule has 3 amide bonds. The number of carboxylic acid groups (broad SMARTS) is 1. The molecule has 2 unspecified atom stereocenters. The molecule has 10 heteroatoms. The Bertz CT molecular complexity index is 1290. The lowest BCUT2D eigenvalue weighted by atomic mass is 9.99. The zero-order valence-electron chi connectivity index (χ0n) is 21.9. The second kappa shape index (κ2) is 13.7. The average molecular weight is 547 g/mol.